The number of nitrogens with two attached hydrogens (primary N) is 1. The van der Waals surface area contributed by atoms with Gasteiger partial charge in [-0.2, -0.15) is 4.98 Å². The number of oxazole rings is 1. The average Bonchev–Trinajstić information content (AvgIpc) is 2.63. The molecule has 1 saturated heterocycles. The Bertz CT molecular complexity index is 559. The van der Waals surface area contributed by atoms with Gasteiger partial charge in [-0.1, -0.05) is 11.6 Å². The number of halogens is 1. The van der Waals surface area contributed by atoms with Crippen LogP contribution in [0.2, 0.25) is 5.02 Å². The average molecular weight is 281 g/mol. The Hall–Kier alpha value is -1.46. The number of nitrogens with zero attached hydrogens (tertiary/aromatic N) is 3. The molecule has 1 aromatic heterocycles. The lowest BCUT2D eigenvalue weighted by atomic mass is 10.3. The Balaban J connectivity index is 1.92. The number of rotatable bonds is 1. The zero-order valence-electron chi connectivity index (χ0n) is 10.9. The highest BCUT2D eigenvalue weighted by molar-refractivity contribution is 6.33. The first-order chi connectivity index (χ1) is 9.13. The molecule has 3 rings (SSSR count). The Morgan fingerprint density at radius 3 is 2.95 bits per heavy atom. The molecule has 0 unspecified atom stereocenters. The molecule has 6 heteroatoms. The highest BCUT2D eigenvalue weighted by Gasteiger charge is 2.18. The van der Waals surface area contributed by atoms with E-state index in [1.54, 1.807) is 12.1 Å². The van der Waals surface area contributed by atoms with Crippen LogP contribution in [0.1, 0.15) is 6.42 Å². The fourth-order valence-corrected chi connectivity index (χ4v) is 2.48. The zero-order chi connectivity index (χ0) is 13.4. The summed E-state index contributed by atoms with van der Waals surface area (Å²) in [5, 5.41) is 0.517. The van der Waals surface area contributed by atoms with E-state index in [0.717, 1.165) is 38.1 Å². The van der Waals surface area contributed by atoms with Crippen molar-refractivity contribution in [3.8, 4) is 0 Å². The van der Waals surface area contributed by atoms with Gasteiger partial charge in [0, 0.05) is 25.7 Å². The van der Waals surface area contributed by atoms with Crippen molar-refractivity contribution in [3.63, 3.8) is 0 Å². The van der Waals surface area contributed by atoms with Gasteiger partial charge >= 0.3 is 0 Å². The molecule has 0 saturated carbocycles. The normalized spacial score (nSPS) is 17.9. The van der Waals surface area contributed by atoms with E-state index in [1.807, 2.05) is 0 Å². The van der Waals surface area contributed by atoms with E-state index >= 15 is 0 Å². The van der Waals surface area contributed by atoms with E-state index in [1.165, 1.54) is 0 Å². The topological polar surface area (TPSA) is 58.5 Å². The molecule has 1 aromatic carbocycles. The summed E-state index contributed by atoms with van der Waals surface area (Å²) in [4.78, 5) is 9.00. The molecule has 5 nitrogen and oxygen atoms in total. The molecular formula is C13H17ClN4O. The number of aromatic nitrogens is 1. The van der Waals surface area contributed by atoms with Crippen LogP contribution in [0.15, 0.2) is 16.5 Å². The molecule has 1 aliphatic heterocycles. The molecular weight excluding hydrogens is 264 g/mol. The van der Waals surface area contributed by atoms with Crippen molar-refractivity contribution in [2.75, 3.05) is 43.9 Å². The summed E-state index contributed by atoms with van der Waals surface area (Å²) < 4.78 is 5.79. The van der Waals surface area contributed by atoms with Gasteiger partial charge in [-0.25, -0.2) is 0 Å². The minimum absolute atomic E-state index is 0.517. The Morgan fingerprint density at radius 1 is 1.26 bits per heavy atom. The fraction of sp³-hybridized carbons (Fsp3) is 0.462. The van der Waals surface area contributed by atoms with E-state index in [-0.39, 0.29) is 0 Å². The number of likely N-dealkylation sites (N-methyl/N-ethyl adjacent to an activating group) is 1. The third-order valence-corrected chi connectivity index (χ3v) is 3.81. The van der Waals surface area contributed by atoms with E-state index in [9.17, 15) is 0 Å². The van der Waals surface area contributed by atoms with Crippen molar-refractivity contribution in [1.82, 2.24) is 9.88 Å². The fourth-order valence-electron chi connectivity index (χ4n) is 2.33. The molecule has 0 aliphatic carbocycles. The van der Waals surface area contributed by atoms with Crippen molar-refractivity contribution < 1.29 is 4.42 Å². The molecule has 0 amide bonds. The van der Waals surface area contributed by atoms with Gasteiger partial charge in [0.2, 0.25) is 0 Å². The van der Waals surface area contributed by atoms with Gasteiger partial charge in [-0.3, -0.25) is 0 Å². The largest absolute Gasteiger partial charge is 0.423 e. The number of nitrogen functional groups attached to an aromatic ring is 1. The zero-order valence-corrected chi connectivity index (χ0v) is 11.7. The predicted octanol–water partition coefficient (Wildman–Crippen LogP) is 2.21. The smallest absolute Gasteiger partial charge is 0.298 e. The van der Waals surface area contributed by atoms with Crippen LogP contribution in [0.4, 0.5) is 11.7 Å². The molecule has 0 atom stereocenters. The van der Waals surface area contributed by atoms with Gasteiger partial charge in [0.25, 0.3) is 6.01 Å². The maximum atomic E-state index is 6.00. The van der Waals surface area contributed by atoms with Crippen LogP contribution in [0, 0.1) is 0 Å². The Morgan fingerprint density at radius 2 is 2.11 bits per heavy atom. The molecule has 0 radical (unpaired) electrons. The number of anilines is 2. The molecule has 2 N–H and O–H groups in total. The maximum absolute atomic E-state index is 6.00. The quantitative estimate of drug-likeness (QED) is 0.812. The molecule has 1 aliphatic rings. The molecule has 2 aromatic rings. The van der Waals surface area contributed by atoms with Crippen LogP contribution >= 0.6 is 11.6 Å². The second-order valence-corrected chi connectivity index (χ2v) is 5.39. The number of hydrogen-bond donors (Lipinski definition) is 1. The van der Waals surface area contributed by atoms with Crippen LogP contribution in [0.5, 0.6) is 0 Å². The van der Waals surface area contributed by atoms with E-state index < -0.39 is 0 Å². The van der Waals surface area contributed by atoms with Crippen LogP contribution in [-0.2, 0) is 0 Å². The molecule has 2 heterocycles. The summed E-state index contributed by atoms with van der Waals surface area (Å²) in [6.45, 7) is 4.00. The summed E-state index contributed by atoms with van der Waals surface area (Å²) in [6, 6.07) is 4.15. The van der Waals surface area contributed by atoms with Crippen molar-refractivity contribution >= 4 is 34.4 Å². The maximum Gasteiger partial charge on any atom is 0.298 e. The summed E-state index contributed by atoms with van der Waals surface area (Å²) in [5.41, 5.74) is 7.74. The number of hydrogen-bond acceptors (Lipinski definition) is 5. The van der Waals surface area contributed by atoms with Gasteiger partial charge in [0.05, 0.1) is 10.7 Å². The highest BCUT2D eigenvalue weighted by atomic mass is 35.5. The van der Waals surface area contributed by atoms with Crippen molar-refractivity contribution in [3.05, 3.63) is 17.2 Å². The van der Waals surface area contributed by atoms with Crippen LogP contribution in [-0.4, -0.2) is 43.1 Å². The van der Waals surface area contributed by atoms with E-state index in [0.29, 0.717) is 22.3 Å². The first kappa shape index (κ1) is 12.6. The highest BCUT2D eigenvalue weighted by Crippen LogP contribution is 2.29. The second kappa shape index (κ2) is 4.90. The second-order valence-electron chi connectivity index (χ2n) is 4.98. The van der Waals surface area contributed by atoms with Crippen LogP contribution in [0.25, 0.3) is 11.1 Å². The third-order valence-electron chi connectivity index (χ3n) is 3.49. The molecule has 1 fully saturated rings. The first-order valence-electron chi connectivity index (χ1n) is 6.42. The van der Waals surface area contributed by atoms with Crippen molar-refractivity contribution in [1.29, 1.82) is 0 Å². The SMILES string of the molecule is CN1CCCN(c2nc3cc(Cl)c(N)cc3o2)CC1. The molecule has 0 bridgehead atoms. The lowest BCUT2D eigenvalue weighted by Crippen LogP contribution is -2.28. The van der Waals surface area contributed by atoms with Crippen LogP contribution < -0.4 is 10.6 Å². The van der Waals surface area contributed by atoms with Gasteiger partial charge in [0.15, 0.2) is 5.58 Å². The molecule has 19 heavy (non-hydrogen) atoms. The van der Waals surface area contributed by atoms with E-state index in [4.69, 9.17) is 21.8 Å². The van der Waals surface area contributed by atoms with Gasteiger partial charge < -0.3 is 20.0 Å². The first-order valence-corrected chi connectivity index (χ1v) is 6.80. The predicted molar refractivity (Wildman–Crippen MR) is 77.8 cm³/mol. The molecule has 102 valence electrons. The van der Waals surface area contributed by atoms with Crippen molar-refractivity contribution in [2.45, 2.75) is 6.42 Å². The minimum Gasteiger partial charge on any atom is -0.423 e. The van der Waals surface area contributed by atoms with Gasteiger partial charge in [-0.05, 0) is 26.1 Å². The van der Waals surface area contributed by atoms with Gasteiger partial charge in [-0.15, -0.1) is 0 Å². The standard InChI is InChI=1S/C13H17ClN4O/c1-17-3-2-4-18(6-5-17)13-16-11-7-9(14)10(15)8-12(11)19-13/h7-8H,2-6,15H2,1H3. The Kier molecular flexibility index (Phi) is 3.24. The monoisotopic (exact) mass is 280 g/mol. The molecule has 0 spiro atoms. The van der Waals surface area contributed by atoms with E-state index in [2.05, 4.69) is 21.8 Å². The van der Waals surface area contributed by atoms with Crippen LogP contribution in [0.3, 0.4) is 0 Å². The summed E-state index contributed by atoms with van der Waals surface area (Å²) in [6.07, 6.45) is 1.11. The lowest BCUT2D eigenvalue weighted by Gasteiger charge is -2.17. The summed E-state index contributed by atoms with van der Waals surface area (Å²) in [5.74, 6) is 0. The van der Waals surface area contributed by atoms with Crippen molar-refractivity contribution in [2.24, 2.45) is 0 Å². The minimum atomic E-state index is 0.517. The van der Waals surface area contributed by atoms with Gasteiger partial charge in [0.1, 0.15) is 5.52 Å². The third kappa shape index (κ3) is 2.48. The Labute approximate surface area is 116 Å². The number of fused-ring (bicyclic) bond motifs is 1. The summed E-state index contributed by atoms with van der Waals surface area (Å²) >= 11 is 6.00. The summed E-state index contributed by atoms with van der Waals surface area (Å²) in [7, 11) is 2.13. The lowest BCUT2D eigenvalue weighted by molar-refractivity contribution is 0.359. The number of benzene rings is 1.